The van der Waals surface area contributed by atoms with E-state index in [-0.39, 0.29) is 37.3 Å². The fourth-order valence-electron chi connectivity index (χ4n) is 6.37. The third kappa shape index (κ3) is 6.81. The largest absolute Gasteiger partial charge is 0.510 e. The average molecular weight is 840 g/mol. The molecule has 0 aliphatic heterocycles. The van der Waals surface area contributed by atoms with E-state index in [4.69, 9.17) is 9.72 Å². The van der Waals surface area contributed by atoms with E-state index in [1.165, 1.54) is 22.1 Å². The van der Waals surface area contributed by atoms with Crippen molar-refractivity contribution >= 4 is 21.8 Å². The molecule has 0 aliphatic carbocycles. The van der Waals surface area contributed by atoms with Gasteiger partial charge in [0.1, 0.15) is 5.82 Å². The monoisotopic (exact) mass is 839 g/mol. The van der Waals surface area contributed by atoms with Crippen LogP contribution in [-0.2, 0) is 37.3 Å². The van der Waals surface area contributed by atoms with Gasteiger partial charge in [0.05, 0.1) is 5.69 Å². The number of hydrogen-bond acceptors (Lipinski definition) is 2. The fourth-order valence-corrected chi connectivity index (χ4v) is 6.37. The number of fused-ring (bicyclic) bond motifs is 3. The van der Waals surface area contributed by atoms with Crippen molar-refractivity contribution in [2.75, 3.05) is 0 Å². The fraction of sp³-hybridized carbons (Fsp3) is 0.273. The van der Waals surface area contributed by atoms with Crippen LogP contribution in [0.3, 0.4) is 0 Å². The number of imidazole rings is 1. The molecule has 0 saturated carbocycles. The molecule has 4 aromatic carbocycles. The van der Waals surface area contributed by atoms with Crippen LogP contribution in [0.5, 0.6) is 11.5 Å². The second kappa shape index (κ2) is 13.0. The van der Waals surface area contributed by atoms with Crippen LogP contribution in [0.15, 0.2) is 104 Å². The van der Waals surface area contributed by atoms with E-state index in [9.17, 15) is 0 Å². The van der Waals surface area contributed by atoms with Crippen LogP contribution in [0.25, 0.3) is 39.0 Å². The zero-order valence-corrected chi connectivity index (χ0v) is 32.6. The molecule has 6 heteroatoms. The van der Waals surface area contributed by atoms with Gasteiger partial charge in [0.15, 0.2) is 0 Å². The van der Waals surface area contributed by atoms with E-state index >= 15 is 0 Å². The van der Waals surface area contributed by atoms with E-state index in [1.807, 2.05) is 52.0 Å². The number of rotatable bonds is 5. The average Bonchev–Trinajstić information content (AvgIpc) is 3.67. The zero-order valence-electron chi connectivity index (χ0n) is 30.3. The molecule has 0 N–H and O–H groups in total. The van der Waals surface area contributed by atoms with E-state index in [1.54, 1.807) is 0 Å². The van der Waals surface area contributed by atoms with Crippen molar-refractivity contribution in [3.63, 3.8) is 0 Å². The predicted octanol–water partition coefficient (Wildman–Crippen LogP) is 10.3. The molecule has 7 rings (SSSR count). The Morgan fingerprint density at radius 3 is 2.10 bits per heavy atom. The zero-order chi connectivity index (χ0) is 34.7. The Labute approximate surface area is 310 Å². The summed E-state index contributed by atoms with van der Waals surface area (Å²) in [5.41, 5.74) is 7.77. The molecule has 50 heavy (non-hydrogen) atoms. The minimum Gasteiger partial charge on any atom is -0.510 e. The van der Waals surface area contributed by atoms with Gasteiger partial charge in [-0.2, -0.15) is 18.2 Å². The van der Waals surface area contributed by atoms with Crippen molar-refractivity contribution in [2.24, 2.45) is 0 Å². The number of benzene rings is 4. The van der Waals surface area contributed by atoms with Crippen LogP contribution in [0.4, 0.5) is 0 Å². The molecule has 258 valence electrons. The van der Waals surface area contributed by atoms with Gasteiger partial charge in [-0.1, -0.05) is 92.1 Å². The van der Waals surface area contributed by atoms with E-state index in [2.05, 4.69) is 146 Å². The Morgan fingerprint density at radius 1 is 0.700 bits per heavy atom. The van der Waals surface area contributed by atoms with Crippen molar-refractivity contribution in [3.8, 4) is 28.7 Å². The van der Waals surface area contributed by atoms with Gasteiger partial charge < -0.3 is 13.9 Å². The molecule has 0 saturated heterocycles. The van der Waals surface area contributed by atoms with Crippen molar-refractivity contribution in [2.45, 2.75) is 78.6 Å². The predicted molar refractivity (Wildman–Crippen MR) is 199 cm³/mol. The van der Waals surface area contributed by atoms with E-state index in [0.29, 0.717) is 11.5 Å². The SMILES string of the molecule is CC(C)(C)c1ccc(-[n+]2[c-]n(-c3[c-]c(Oc4[c-]c5c(cc4)c4c(C(C)(C)C)cccc4n5-c4cc(C(C)(C)C)ccn4)ccc3)cc2)cc1.[Pt]. The molecule has 3 heterocycles. The molecule has 7 aromatic rings. The van der Waals surface area contributed by atoms with E-state index < -0.39 is 0 Å². The molecule has 0 fully saturated rings. The maximum Gasteiger partial charge on any atom is 0.267 e. The molecule has 0 amide bonds. The van der Waals surface area contributed by atoms with Gasteiger partial charge in [-0.25, -0.2) is 4.98 Å². The molecule has 0 unspecified atom stereocenters. The van der Waals surface area contributed by atoms with Gasteiger partial charge in [-0.3, -0.25) is 4.57 Å². The Hall–Kier alpha value is -4.47. The normalized spacial score (nSPS) is 12.3. The molecule has 0 radical (unpaired) electrons. The molecule has 0 bridgehead atoms. The Bertz CT molecular complexity index is 2310. The van der Waals surface area contributed by atoms with Crippen LogP contribution in [0.2, 0.25) is 0 Å². The summed E-state index contributed by atoms with van der Waals surface area (Å²) < 4.78 is 12.6. The summed E-state index contributed by atoms with van der Waals surface area (Å²) in [7, 11) is 0. The first-order valence-electron chi connectivity index (χ1n) is 17.0. The summed E-state index contributed by atoms with van der Waals surface area (Å²) in [6.45, 7) is 20.2. The van der Waals surface area contributed by atoms with Gasteiger partial charge >= 0.3 is 0 Å². The number of aromatic nitrogens is 4. The number of pyridine rings is 1. The number of hydrogen-bond donors (Lipinski definition) is 0. The summed E-state index contributed by atoms with van der Waals surface area (Å²) >= 11 is 0. The topological polar surface area (TPSA) is 35.9 Å². The molecule has 3 aromatic heterocycles. The number of ether oxygens (including phenoxy) is 1. The second-order valence-electron chi connectivity index (χ2n) is 16.0. The van der Waals surface area contributed by atoms with Crippen LogP contribution < -0.4 is 9.30 Å². The standard InChI is InChI=1S/C44H44N4O.Pt/c1-42(2,3)30-16-18-32(19-17-30)46-24-25-47(29-46)33-12-10-13-34(27-33)49-35-20-21-36-39(28-35)48(40-26-31(22-23-45-40)43(4,5)6)38-15-11-14-37(41(36)38)44(7,8)9;/h10-26H,1-9H3;/q-2;. The third-order valence-electron chi connectivity index (χ3n) is 9.15. The molecular weight excluding hydrogens is 796 g/mol. The number of nitrogens with zero attached hydrogens (tertiary/aromatic N) is 4. The second-order valence-corrected chi connectivity index (χ2v) is 16.0. The first-order chi connectivity index (χ1) is 23.2. The van der Waals surface area contributed by atoms with Gasteiger partial charge in [0.2, 0.25) is 0 Å². The summed E-state index contributed by atoms with van der Waals surface area (Å²) in [5, 5.41) is 2.34. The van der Waals surface area contributed by atoms with Gasteiger partial charge in [-0.15, -0.1) is 29.7 Å². The first-order valence-corrected chi connectivity index (χ1v) is 17.0. The van der Waals surface area contributed by atoms with Gasteiger partial charge in [0.25, 0.3) is 6.33 Å². The third-order valence-corrected chi connectivity index (χ3v) is 9.15. The summed E-state index contributed by atoms with van der Waals surface area (Å²) in [6, 6.07) is 36.6. The molecule has 0 spiro atoms. The summed E-state index contributed by atoms with van der Waals surface area (Å²) in [6.07, 6.45) is 9.31. The minimum absolute atomic E-state index is 0. The van der Waals surface area contributed by atoms with Crippen LogP contribution in [0, 0.1) is 18.5 Å². The molecule has 0 aliphatic rings. The maximum atomic E-state index is 6.47. The quantitative estimate of drug-likeness (QED) is 0.128. The Morgan fingerprint density at radius 2 is 1.40 bits per heavy atom. The van der Waals surface area contributed by atoms with Crippen molar-refractivity contribution < 1.29 is 30.4 Å². The molecular formula is C44H44N4OPt-2. The van der Waals surface area contributed by atoms with Crippen molar-refractivity contribution in [1.82, 2.24) is 14.1 Å². The Kier molecular flexibility index (Phi) is 9.20. The van der Waals surface area contributed by atoms with Crippen molar-refractivity contribution in [3.05, 3.63) is 139 Å². The molecule has 5 nitrogen and oxygen atoms in total. The smallest absolute Gasteiger partial charge is 0.267 e. The van der Waals surface area contributed by atoms with Crippen LogP contribution >= 0.6 is 0 Å². The molecule has 0 atom stereocenters. The Balaban J connectivity index is 0.00000432. The first kappa shape index (κ1) is 35.4. The van der Waals surface area contributed by atoms with Crippen LogP contribution in [0.1, 0.15) is 79.0 Å². The minimum atomic E-state index is -0.0482. The van der Waals surface area contributed by atoms with Gasteiger partial charge in [0, 0.05) is 56.7 Å². The van der Waals surface area contributed by atoms with Crippen molar-refractivity contribution in [1.29, 1.82) is 0 Å². The van der Waals surface area contributed by atoms with Crippen LogP contribution in [-0.4, -0.2) is 14.1 Å². The maximum absolute atomic E-state index is 6.47. The summed E-state index contributed by atoms with van der Waals surface area (Å²) in [4.78, 5) is 4.87. The summed E-state index contributed by atoms with van der Waals surface area (Å²) in [5.74, 6) is 2.08. The van der Waals surface area contributed by atoms with Gasteiger partial charge in [-0.05, 0) is 74.3 Å². The van der Waals surface area contributed by atoms with E-state index in [0.717, 1.165) is 33.6 Å².